The summed E-state index contributed by atoms with van der Waals surface area (Å²) in [5.74, 6) is 0.543. The van der Waals surface area contributed by atoms with Crippen LogP contribution >= 0.6 is 0 Å². The molecule has 0 spiro atoms. The van der Waals surface area contributed by atoms with Crippen LogP contribution in [0.3, 0.4) is 0 Å². The number of amides is 3. The van der Waals surface area contributed by atoms with Gasteiger partial charge in [0, 0.05) is 31.2 Å². The van der Waals surface area contributed by atoms with Crippen molar-refractivity contribution in [3.05, 3.63) is 77.7 Å². The third kappa shape index (κ3) is 6.08. The van der Waals surface area contributed by atoms with Crippen molar-refractivity contribution >= 4 is 23.4 Å². The lowest BCUT2D eigenvalue weighted by Crippen LogP contribution is -2.37. The van der Waals surface area contributed by atoms with Gasteiger partial charge in [-0.25, -0.2) is 9.78 Å². The second-order valence-electron chi connectivity index (χ2n) is 8.22. The number of anilines is 2. The summed E-state index contributed by atoms with van der Waals surface area (Å²) in [7, 11) is 1.49. The summed E-state index contributed by atoms with van der Waals surface area (Å²) in [4.78, 5) is 35.7. The summed E-state index contributed by atoms with van der Waals surface area (Å²) in [6, 6.07) is 14.8. The summed E-state index contributed by atoms with van der Waals surface area (Å²) >= 11 is 0. The molecule has 176 valence electrons. The largest absolute Gasteiger partial charge is 0.495 e. The normalized spacial score (nSPS) is 15.5. The van der Waals surface area contributed by atoms with Crippen LogP contribution in [0.1, 0.15) is 28.0 Å². The summed E-state index contributed by atoms with van der Waals surface area (Å²) in [5.41, 5.74) is 2.92. The zero-order valence-electron chi connectivity index (χ0n) is 19.2. The van der Waals surface area contributed by atoms with E-state index in [4.69, 9.17) is 4.74 Å². The molecular weight excluding hydrogens is 432 g/mol. The van der Waals surface area contributed by atoms with Crippen LogP contribution in [0.15, 0.2) is 60.9 Å². The molecule has 0 radical (unpaired) electrons. The molecule has 1 fully saturated rings. The molecule has 9 nitrogen and oxygen atoms in total. The first-order valence-electron chi connectivity index (χ1n) is 11.1. The maximum absolute atomic E-state index is 12.8. The van der Waals surface area contributed by atoms with Crippen molar-refractivity contribution in [1.82, 2.24) is 20.2 Å². The van der Waals surface area contributed by atoms with E-state index >= 15 is 0 Å². The van der Waals surface area contributed by atoms with E-state index in [1.165, 1.54) is 18.9 Å². The number of carbonyl (C=O) groups excluding carboxylic acids is 2. The van der Waals surface area contributed by atoms with Crippen molar-refractivity contribution in [2.45, 2.75) is 25.9 Å². The molecule has 3 aromatic rings. The van der Waals surface area contributed by atoms with Crippen LogP contribution in [-0.2, 0) is 6.54 Å². The molecule has 4 rings (SSSR count). The van der Waals surface area contributed by atoms with Gasteiger partial charge >= 0.3 is 6.03 Å². The zero-order valence-corrected chi connectivity index (χ0v) is 19.2. The minimum absolute atomic E-state index is 0.0846. The molecule has 1 aliphatic rings. The predicted molar refractivity (Wildman–Crippen MR) is 130 cm³/mol. The summed E-state index contributed by atoms with van der Waals surface area (Å²) in [6.45, 7) is 4.43. The average Bonchev–Trinajstić information content (AvgIpc) is 3.27. The number of benzene rings is 2. The molecule has 0 aliphatic carbocycles. The Bertz CT molecular complexity index is 1140. The summed E-state index contributed by atoms with van der Waals surface area (Å²) < 4.78 is 5.40. The van der Waals surface area contributed by atoms with Crippen molar-refractivity contribution < 1.29 is 14.3 Å². The van der Waals surface area contributed by atoms with E-state index in [9.17, 15) is 9.59 Å². The number of hydrogen-bond acceptors (Lipinski definition) is 6. The van der Waals surface area contributed by atoms with Crippen LogP contribution in [0.2, 0.25) is 0 Å². The lowest BCUT2D eigenvalue weighted by molar-refractivity contribution is 0.0937. The van der Waals surface area contributed by atoms with Crippen LogP contribution in [0, 0.1) is 6.92 Å². The highest BCUT2D eigenvalue weighted by molar-refractivity contribution is 6.01. The van der Waals surface area contributed by atoms with E-state index in [2.05, 4.69) is 43.0 Å². The Hall–Kier alpha value is -3.98. The van der Waals surface area contributed by atoms with E-state index in [1.807, 2.05) is 25.1 Å². The van der Waals surface area contributed by atoms with Gasteiger partial charge < -0.3 is 15.4 Å². The number of carbonyl (C=O) groups is 2. The van der Waals surface area contributed by atoms with Crippen molar-refractivity contribution in [3.63, 3.8) is 0 Å². The van der Waals surface area contributed by atoms with Gasteiger partial charge in [-0.15, -0.1) is 0 Å². The average molecular weight is 461 g/mol. The van der Waals surface area contributed by atoms with E-state index in [1.54, 1.807) is 24.4 Å². The molecule has 34 heavy (non-hydrogen) atoms. The maximum Gasteiger partial charge on any atom is 0.324 e. The Labute approximate surface area is 198 Å². The molecule has 1 atom stereocenters. The van der Waals surface area contributed by atoms with Gasteiger partial charge in [0.2, 0.25) is 0 Å². The van der Waals surface area contributed by atoms with Gasteiger partial charge in [0.15, 0.2) is 5.82 Å². The SMILES string of the molecule is COc1cc(C(=O)NC2CCN(Cc3ccccc3)C2)ccc1NC(=O)Nc1cnc(C)cn1. The van der Waals surface area contributed by atoms with Gasteiger partial charge in [-0.2, -0.15) is 0 Å². The van der Waals surface area contributed by atoms with E-state index in [0.717, 1.165) is 31.7 Å². The third-order valence-electron chi connectivity index (χ3n) is 5.59. The number of aromatic nitrogens is 2. The number of likely N-dealkylation sites (tertiary alicyclic amines) is 1. The fourth-order valence-corrected chi connectivity index (χ4v) is 3.87. The molecule has 0 saturated carbocycles. The van der Waals surface area contributed by atoms with Crippen LogP contribution < -0.4 is 20.7 Å². The van der Waals surface area contributed by atoms with Crippen molar-refractivity contribution in [1.29, 1.82) is 0 Å². The van der Waals surface area contributed by atoms with Gasteiger partial charge in [0.1, 0.15) is 5.75 Å². The topological polar surface area (TPSA) is 108 Å². The minimum atomic E-state index is -0.488. The molecule has 1 unspecified atom stereocenters. The molecule has 2 aromatic carbocycles. The van der Waals surface area contributed by atoms with Crippen molar-refractivity contribution in [3.8, 4) is 5.75 Å². The minimum Gasteiger partial charge on any atom is -0.495 e. The van der Waals surface area contributed by atoms with Gasteiger partial charge in [0.25, 0.3) is 5.91 Å². The number of methoxy groups -OCH3 is 1. The number of nitrogens with one attached hydrogen (secondary N) is 3. The second-order valence-corrected chi connectivity index (χ2v) is 8.22. The summed E-state index contributed by atoms with van der Waals surface area (Å²) in [6.07, 6.45) is 3.94. The Morgan fingerprint density at radius 2 is 1.91 bits per heavy atom. The number of urea groups is 1. The highest BCUT2D eigenvalue weighted by Gasteiger charge is 2.24. The number of hydrogen-bond donors (Lipinski definition) is 3. The first kappa shape index (κ1) is 23.2. The van der Waals surface area contributed by atoms with Crippen molar-refractivity contribution in [2.24, 2.45) is 0 Å². The van der Waals surface area contributed by atoms with Gasteiger partial charge in [-0.05, 0) is 37.1 Å². The van der Waals surface area contributed by atoms with E-state index < -0.39 is 6.03 Å². The lowest BCUT2D eigenvalue weighted by Gasteiger charge is -2.17. The molecule has 0 bridgehead atoms. The number of rotatable bonds is 7. The first-order valence-corrected chi connectivity index (χ1v) is 11.1. The lowest BCUT2D eigenvalue weighted by atomic mass is 10.1. The molecule has 3 N–H and O–H groups in total. The second kappa shape index (κ2) is 10.8. The monoisotopic (exact) mass is 460 g/mol. The van der Waals surface area contributed by atoms with E-state index in [0.29, 0.717) is 22.8 Å². The standard InChI is InChI=1S/C25H28N6O3/c1-17-13-27-23(14-26-17)30-25(33)29-21-9-8-19(12-22(21)34-2)24(32)28-20-10-11-31(16-20)15-18-6-4-3-5-7-18/h3-9,12-14,20H,10-11,15-16H2,1-2H3,(H,28,32)(H2,27,29,30,33). The smallest absolute Gasteiger partial charge is 0.324 e. The fraction of sp³-hybridized carbons (Fsp3) is 0.280. The Morgan fingerprint density at radius 1 is 1.09 bits per heavy atom. The Balaban J connectivity index is 1.33. The molecule has 1 aliphatic heterocycles. The highest BCUT2D eigenvalue weighted by atomic mass is 16.5. The summed E-state index contributed by atoms with van der Waals surface area (Å²) in [5, 5.41) is 8.43. The molecule has 2 heterocycles. The van der Waals surface area contributed by atoms with Gasteiger partial charge in [-0.1, -0.05) is 30.3 Å². The first-order chi connectivity index (χ1) is 16.5. The number of ether oxygens (including phenoxy) is 1. The predicted octanol–water partition coefficient (Wildman–Crippen LogP) is 3.44. The van der Waals surface area contributed by atoms with Crippen LogP contribution in [0.5, 0.6) is 5.75 Å². The van der Waals surface area contributed by atoms with Crippen LogP contribution in [0.4, 0.5) is 16.3 Å². The highest BCUT2D eigenvalue weighted by Crippen LogP contribution is 2.26. The maximum atomic E-state index is 12.8. The van der Waals surface area contributed by atoms with Crippen LogP contribution in [-0.4, -0.2) is 53.0 Å². The van der Waals surface area contributed by atoms with Gasteiger partial charge in [-0.3, -0.25) is 20.0 Å². The van der Waals surface area contributed by atoms with Gasteiger partial charge in [0.05, 0.1) is 30.9 Å². The molecule has 1 saturated heterocycles. The van der Waals surface area contributed by atoms with Crippen LogP contribution in [0.25, 0.3) is 0 Å². The third-order valence-corrected chi connectivity index (χ3v) is 5.59. The molecular formula is C25H28N6O3. The fourth-order valence-electron chi connectivity index (χ4n) is 3.87. The molecule has 9 heteroatoms. The number of aryl methyl sites for hydroxylation is 1. The Morgan fingerprint density at radius 3 is 2.65 bits per heavy atom. The quantitative estimate of drug-likeness (QED) is 0.498. The Kier molecular flexibility index (Phi) is 7.34. The number of nitrogens with zero attached hydrogens (tertiary/aromatic N) is 3. The zero-order chi connectivity index (χ0) is 23.9. The van der Waals surface area contributed by atoms with E-state index in [-0.39, 0.29) is 11.9 Å². The van der Waals surface area contributed by atoms with Crippen molar-refractivity contribution in [2.75, 3.05) is 30.8 Å². The molecule has 3 amide bonds. The molecule has 1 aromatic heterocycles.